The second kappa shape index (κ2) is 4.93. The van der Waals surface area contributed by atoms with Gasteiger partial charge in [0, 0.05) is 27.6 Å². The number of rotatable bonds is 1. The molecule has 2 fully saturated rings. The Balaban J connectivity index is 1.83. The molecule has 1 aromatic heterocycles. The molecule has 2 aliphatic heterocycles. The standard InChI is InChI=1S/C13H14Br2N2O/c14-8-1-4-12(16-7-8)13(18)17-10-2-3-11(17)6-9(15)5-10/h1,4,7,9-11H,2-3,5-6H2. The quantitative estimate of drug-likeness (QED) is 0.707. The largest absolute Gasteiger partial charge is 0.331 e. The van der Waals surface area contributed by atoms with E-state index in [9.17, 15) is 4.79 Å². The molecule has 0 aliphatic carbocycles. The predicted octanol–water partition coefficient (Wildman–Crippen LogP) is 3.37. The summed E-state index contributed by atoms with van der Waals surface area (Å²) in [6.45, 7) is 0. The fourth-order valence-corrected chi connectivity index (χ4v) is 4.17. The van der Waals surface area contributed by atoms with Gasteiger partial charge in [0.25, 0.3) is 5.91 Å². The Labute approximate surface area is 123 Å². The maximum atomic E-state index is 12.5. The summed E-state index contributed by atoms with van der Waals surface area (Å²) in [6, 6.07) is 4.46. The third kappa shape index (κ3) is 2.23. The molecule has 1 amide bonds. The summed E-state index contributed by atoms with van der Waals surface area (Å²) >= 11 is 7.03. The van der Waals surface area contributed by atoms with Gasteiger partial charge < -0.3 is 4.90 Å². The van der Waals surface area contributed by atoms with Crippen molar-refractivity contribution in [3.8, 4) is 0 Å². The topological polar surface area (TPSA) is 33.2 Å². The number of nitrogens with zero attached hydrogens (tertiary/aromatic N) is 2. The summed E-state index contributed by atoms with van der Waals surface area (Å²) in [5, 5.41) is 0. The molecule has 0 radical (unpaired) electrons. The minimum Gasteiger partial charge on any atom is -0.331 e. The summed E-state index contributed by atoms with van der Waals surface area (Å²) in [4.78, 5) is 19.4. The Kier molecular flexibility index (Phi) is 3.45. The molecule has 3 heterocycles. The molecule has 2 unspecified atom stereocenters. The fourth-order valence-electron chi connectivity index (χ4n) is 3.08. The summed E-state index contributed by atoms with van der Waals surface area (Å²) in [7, 11) is 0. The van der Waals surface area contributed by atoms with Crippen LogP contribution in [-0.2, 0) is 0 Å². The van der Waals surface area contributed by atoms with E-state index in [-0.39, 0.29) is 5.91 Å². The molecule has 2 atom stereocenters. The molecule has 3 nitrogen and oxygen atoms in total. The van der Waals surface area contributed by atoms with E-state index in [4.69, 9.17) is 0 Å². The van der Waals surface area contributed by atoms with Gasteiger partial charge in [-0.2, -0.15) is 0 Å². The first-order valence-electron chi connectivity index (χ1n) is 6.23. The predicted molar refractivity (Wildman–Crippen MR) is 76.9 cm³/mol. The van der Waals surface area contributed by atoms with Gasteiger partial charge in [0.1, 0.15) is 5.69 Å². The zero-order valence-corrected chi connectivity index (χ0v) is 13.0. The lowest BCUT2D eigenvalue weighted by atomic mass is 10.0. The van der Waals surface area contributed by atoms with E-state index in [1.165, 1.54) is 0 Å². The van der Waals surface area contributed by atoms with Crippen LogP contribution in [0.3, 0.4) is 0 Å². The van der Waals surface area contributed by atoms with Crippen molar-refractivity contribution in [2.75, 3.05) is 0 Å². The highest BCUT2D eigenvalue weighted by Crippen LogP contribution is 2.39. The van der Waals surface area contributed by atoms with Gasteiger partial charge in [0.05, 0.1) is 0 Å². The van der Waals surface area contributed by atoms with Crippen LogP contribution in [0, 0.1) is 0 Å². The molecule has 0 N–H and O–H groups in total. The number of piperidine rings is 1. The number of fused-ring (bicyclic) bond motifs is 2. The van der Waals surface area contributed by atoms with Gasteiger partial charge in [-0.3, -0.25) is 4.79 Å². The van der Waals surface area contributed by atoms with Gasteiger partial charge in [0.2, 0.25) is 0 Å². The Hall–Kier alpha value is -0.420. The number of pyridine rings is 1. The van der Waals surface area contributed by atoms with Crippen molar-refractivity contribution in [2.45, 2.75) is 42.6 Å². The van der Waals surface area contributed by atoms with Crippen molar-refractivity contribution in [3.63, 3.8) is 0 Å². The third-order valence-electron chi connectivity index (χ3n) is 3.86. The SMILES string of the molecule is O=C(c1ccc(Br)cn1)N1C2CCC1CC(Br)C2. The van der Waals surface area contributed by atoms with Crippen molar-refractivity contribution < 1.29 is 4.79 Å². The van der Waals surface area contributed by atoms with E-state index < -0.39 is 0 Å². The lowest BCUT2D eigenvalue weighted by molar-refractivity contribution is 0.0597. The highest BCUT2D eigenvalue weighted by Gasteiger charge is 2.42. The summed E-state index contributed by atoms with van der Waals surface area (Å²) in [5.41, 5.74) is 0.558. The van der Waals surface area contributed by atoms with Crippen molar-refractivity contribution in [1.29, 1.82) is 0 Å². The first-order valence-corrected chi connectivity index (χ1v) is 7.94. The van der Waals surface area contributed by atoms with Gasteiger partial charge in [-0.1, -0.05) is 15.9 Å². The lowest BCUT2D eigenvalue weighted by Gasteiger charge is -2.37. The second-order valence-corrected chi connectivity index (χ2v) is 7.24. The van der Waals surface area contributed by atoms with Gasteiger partial charge >= 0.3 is 0 Å². The van der Waals surface area contributed by atoms with Crippen LogP contribution in [0.5, 0.6) is 0 Å². The van der Waals surface area contributed by atoms with E-state index in [0.717, 1.165) is 30.2 Å². The van der Waals surface area contributed by atoms with E-state index in [1.54, 1.807) is 12.3 Å². The zero-order valence-electron chi connectivity index (χ0n) is 9.85. The molecule has 1 aromatic rings. The number of hydrogen-bond donors (Lipinski definition) is 0. The number of halogens is 2. The molecule has 2 bridgehead atoms. The molecule has 0 spiro atoms. The van der Waals surface area contributed by atoms with Gasteiger partial charge in [-0.25, -0.2) is 4.98 Å². The molecule has 0 aromatic carbocycles. The summed E-state index contributed by atoms with van der Waals surface area (Å²) < 4.78 is 0.904. The zero-order chi connectivity index (χ0) is 12.7. The molecule has 18 heavy (non-hydrogen) atoms. The van der Waals surface area contributed by atoms with Gasteiger partial charge in [-0.05, 0) is 53.7 Å². The number of hydrogen-bond acceptors (Lipinski definition) is 2. The van der Waals surface area contributed by atoms with Crippen molar-refractivity contribution >= 4 is 37.8 Å². The summed E-state index contributed by atoms with van der Waals surface area (Å²) in [6.07, 6.45) is 6.09. The number of amides is 1. The van der Waals surface area contributed by atoms with Crippen LogP contribution in [0.1, 0.15) is 36.2 Å². The fraction of sp³-hybridized carbons (Fsp3) is 0.538. The molecule has 5 heteroatoms. The van der Waals surface area contributed by atoms with Gasteiger partial charge in [0.15, 0.2) is 0 Å². The number of carbonyl (C=O) groups is 1. The summed E-state index contributed by atoms with van der Waals surface area (Å²) in [5.74, 6) is 0.0920. The Morgan fingerprint density at radius 2 is 1.94 bits per heavy atom. The van der Waals surface area contributed by atoms with Crippen LogP contribution in [0.4, 0.5) is 0 Å². The Morgan fingerprint density at radius 3 is 2.50 bits per heavy atom. The molecule has 0 saturated carbocycles. The van der Waals surface area contributed by atoms with Crippen LogP contribution >= 0.6 is 31.9 Å². The van der Waals surface area contributed by atoms with Crippen LogP contribution in [0.25, 0.3) is 0 Å². The molecule has 2 aliphatic rings. The average molecular weight is 374 g/mol. The first-order chi connectivity index (χ1) is 8.65. The molecule has 3 rings (SSSR count). The smallest absolute Gasteiger partial charge is 0.272 e. The number of alkyl halides is 1. The Bertz CT molecular complexity index is 449. The van der Waals surface area contributed by atoms with Crippen LogP contribution in [-0.4, -0.2) is 32.7 Å². The third-order valence-corrected chi connectivity index (χ3v) is 5.07. The average Bonchev–Trinajstić information content (AvgIpc) is 2.62. The maximum absolute atomic E-state index is 12.5. The monoisotopic (exact) mass is 372 g/mol. The van der Waals surface area contributed by atoms with E-state index in [2.05, 4.69) is 41.7 Å². The molecule has 2 saturated heterocycles. The molecular weight excluding hydrogens is 360 g/mol. The highest BCUT2D eigenvalue weighted by atomic mass is 79.9. The van der Waals surface area contributed by atoms with Crippen molar-refractivity contribution in [3.05, 3.63) is 28.5 Å². The van der Waals surface area contributed by atoms with Crippen LogP contribution in [0.15, 0.2) is 22.8 Å². The molecular formula is C13H14Br2N2O. The second-order valence-electron chi connectivity index (χ2n) is 5.03. The van der Waals surface area contributed by atoms with Gasteiger partial charge in [-0.15, -0.1) is 0 Å². The van der Waals surface area contributed by atoms with Crippen molar-refractivity contribution in [1.82, 2.24) is 9.88 Å². The first kappa shape index (κ1) is 12.6. The maximum Gasteiger partial charge on any atom is 0.272 e. The van der Waals surface area contributed by atoms with E-state index >= 15 is 0 Å². The van der Waals surface area contributed by atoms with E-state index in [0.29, 0.717) is 22.6 Å². The molecule has 96 valence electrons. The van der Waals surface area contributed by atoms with Crippen LogP contribution in [0.2, 0.25) is 0 Å². The minimum absolute atomic E-state index is 0.0920. The Morgan fingerprint density at radius 1 is 1.28 bits per heavy atom. The minimum atomic E-state index is 0.0920. The van der Waals surface area contributed by atoms with E-state index in [1.807, 2.05) is 6.07 Å². The van der Waals surface area contributed by atoms with Crippen LogP contribution < -0.4 is 0 Å². The van der Waals surface area contributed by atoms with Crippen molar-refractivity contribution in [2.24, 2.45) is 0 Å². The lowest BCUT2D eigenvalue weighted by Crippen LogP contribution is -2.47. The highest BCUT2D eigenvalue weighted by molar-refractivity contribution is 9.10. The number of carbonyl (C=O) groups excluding carboxylic acids is 1. The number of aromatic nitrogens is 1. The normalized spacial score (nSPS) is 30.6.